The average Bonchev–Trinajstić information content (AvgIpc) is 3.17. The van der Waals surface area contributed by atoms with E-state index in [2.05, 4.69) is 0 Å². The number of allylic oxidation sites excluding steroid dienone is 3. The molecule has 4 rings (SSSR count). The van der Waals surface area contributed by atoms with E-state index < -0.39 is 60.1 Å². The lowest BCUT2D eigenvalue weighted by Crippen LogP contribution is -2.61. The first-order valence-electron chi connectivity index (χ1n) is 10.7. The summed E-state index contributed by atoms with van der Waals surface area (Å²) in [6.45, 7) is 1.19. The summed E-state index contributed by atoms with van der Waals surface area (Å²) in [5.41, 5.74) is 0.229. The third kappa shape index (κ3) is 4.44. The molecule has 3 aliphatic rings. The molecule has 0 N–H and O–H groups in total. The molecule has 9 nitrogen and oxygen atoms in total. The monoisotopic (exact) mass is 453 g/mol. The highest BCUT2D eigenvalue weighted by atomic mass is 16.6. The van der Waals surface area contributed by atoms with Gasteiger partial charge in [-0.1, -0.05) is 42.5 Å². The Labute approximate surface area is 190 Å². The number of nitrogens with zero attached hydrogens (tertiary/aromatic N) is 1. The summed E-state index contributed by atoms with van der Waals surface area (Å²) >= 11 is 0. The van der Waals surface area contributed by atoms with Crippen LogP contribution in [0.2, 0.25) is 0 Å². The third-order valence-electron chi connectivity index (χ3n) is 6.02. The topological polar surface area (TPSA) is 116 Å². The van der Waals surface area contributed by atoms with E-state index in [1.54, 1.807) is 48.6 Å². The fraction of sp³-hybridized carbons (Fsp3) is 0.375. The molecule has 33 heavy (non-hydrogen) atoms. The van der Waals surface area contributed by atoms with Gasteiger partial charge in [0.05, 0.1) is 17.4 Å². The van der Waals surface area contributed by atoms with Crippen LogP contribution in [0.4, 0.5) is 4.79 Å². The lowest BCUT2D eigenvalue weighted by atomic mass is 9.79. The van der Waals surface area contributed by atoms with Crippen molar-refractivity contribution in [2.75, 3.05) is 0 Å². The maximum atomic E-state index is 12.9. The zero-order valence-electron chi connectivity index (χ0n) is 17.9. The van der Waals surface area contributed by atoms with Crippen LogP contribution in [0.3, 0.4) is 0 Å². The number of amides is 2. The summed E-state index contributed by atoms with van der Waals surface area (Å²) < 4.78 is 16.8. The Bertz CT molecular complexity index is 1020. The van der Waals surface area contributed by atoms with Crippen molar-refractivity contribution in [2.24, 2.45) is 11.8 Å². The second kappa shape index (κ2) is 9.40. The van der Waals surface area contributed by atoms with E-state index in [0.717, 1.165) is 4.90 Å². The minimum absolute atomic E-state index is 0.0292. The Morgan fingerprint density at radius 1 is 1.09 bits per heavy atom. The number of hydrogen-bond donors (Lipinski definition) is 0. The first-order valence-corrected chi connectivity index (χ1v) is 10.7. The number of carbonyl (C=O) groups excluding carboxylic acids is 5. The summed E-state index contributed by atoms with van der Waals surface area (Å²) in [5, 5.41) is 0. The van der Waals surface area contributed by atoms with E-state index in [0.29, 0.717) is 12.7 Å². The molecule has 0 radical (unpaired) electrons. The second-order valence-corrected chi connectivity index (χ2v) is 8.13. The number of hydrogen-bond acceptors (Lipinski definition) is 8. The van der Waals surface area contributed by atoms with Crippen LogP contribution < -0.4 is 0 Å². The molecule has 1 heterocycles. The fourth-order valence-electron chi connectivity index (χ4n) is 4.44. The van der Waals surface area contributed by atoms with Gasteiger partial charge in [0, 0.05) is 6.92 Å². The van der Waals surface area contributed by atoms with Crippen LogP contribution in [0.1, 0.15) is 30.1 Å². The highest BCUT2D eigenvalue weighted by molar-refractivity contribution is 5.93. The molecule has 172 valence electrons. The van der Waals surface area contributed by atoms with E-state index in [9.17, 15) is 24.0 Å². The first kappa shape index (κ1) is 22.4. The van der Waals surface area contributed by atoms with Crippen molar-refractivity contribution in [3.05, 3.63) is 60.2 Å². The SMILES string of the molecule is CC(=O)N1C(=O)O[C@H]2C[C@H](C=O)[C@@H](OC(=O)C3C=CC=CC3)[C@H](OC(=O)c3ccccc3)[C@H]21. The number of imide groups is 1. The quantitative estimate of drug-likeness (QED) is 0.379. The summed E-state index contributed by atoms with van der Waals surface area (Å²) in [7, 11) is 0. The van der Waals surface area contributed by atoms with Crippen LogP contribution in [0.5, 0.6) is 0 Å². The molecule has 1 aromatic carbocycles. The molecule has 2 aliphatic carbocycles. The van der Waals surface area contributed by atoms with Gasteiger partial charge in [-0.05, 0) is 25.0 Å². The van der Waals surface area contributed by atoms with Crippen LogP contribution in [0.15, 0.2) is 54.6 Å². The van der Waals surface area contributed by atoms with Gasteiger partial charge in [0.1, 0.15) is 18.4 Å². The molecule has 2 fully saturated rings. The fourth-order valence-corrected chi connectivity index (χ4v) is 4.44. The number of carbonyl (C=O) groups is 5. The van der Waals surface area contributed by atoms with Gasteiger partial charge in [-0.25, -0.2) is 14.5 Å². The minimum atomic E-state index is -1.28. The summed E-state index contributed by atoms with van der Waals surface area (Å²) in [5.74, 6) is -3.40. The Hall–Kier alpha value is -3.75. The van der Waals surface area contributed by atoms with E-state index in [1.807, 2.05) is 6.08 Å². The molecular weight excluding hydrogens is 430 g/mol. The third-order valence-corrected chi connectivity index (χ3v) is 6.02. The van der Waals surface area contributed by atoms with Crippen LogP contribution in [0, 0.1) is 11.8 Å². The highest BCUT2D eigenvalue weighted by Crippen LogP contribution is 2.38. The Balaban J connectivity index is 1.68. The van der Waals surface area contributed by atoms with Crippen LogP contribution in [-0.2, 0) is 28.6 Å². The predicted octanol–water partition coefficient (Wildman–Crippen LogP) is 2.21. The lowest BCUT2D eigenvalue weighted by molar-refractivity contribution is -0.174. The maximum absolute atomic E-state index is 12.9. The van der Waals surface area contributed by atoms with Crippen molar-refractivity contribution in [3.8, 4) is 0 Å². The van der Waals surface area contributed by atoms with Crippen molar-refractivity contribution in [1.29, 1.82) is 0 Å². The standard InChI is InChI=1S/C24H23NO8/c1-14(27)25-19-18(31-24(25)30)12-17(13-26)20(32-22(28)15-8-4-2-5-9-15)21(19)33-23(29)16-10-6-3-7-11-16/h2-8,10-11,13,15,17-21H,9,12H2,1H3/t15?,17-,18+,19+,20-,21-/m1/s1. The van der Waals surface area contributed by atoms with Gasteiger partial charge in [0.2, 0.25) is 5.91 Å². The number of benzene rings is 1. The molecule has 0 aromatic heterocycles. The number of rotatable bonds is 5. The molecule has 1 aliphatic heterocycles. The van der Waals surface area contributed by atoms with Gasteiger partial charge in [-0.15, -0.1) is 0 Å². The lowest BCUT2D eigenvalue weighted by Gasteiger charge is -2.41. The molecule has 2 amide bonds. The van der Waals surface area contributed by atoms with Crippen molar-refractivity contribution < 1.29 is 38.2 Å². The zero-order chi connectivity index (χ0) is 23.5. The van der Waals surface area contributed by atoms with Crippen molar-refractivity contribution in [3.63, 3.8) is 0 Å². The molecule has 0 bridgehead atoms. The number of fused-ring (bicyclic) bond motifs is 1. The van der Waals surface area contributed by atoms with E-state index >= 15 is 0 Å². The number of esters is 2. The maximum Gasteiger partial charge on any atom is 0.417 e. The minimum Gasteiger partial charge on any atom is -0.457 e. The Kier molecular flexibility index (Phi) is 6.39. The van der Waals surface area contributed by atoms with Gasteiger partial charge in [-0.2, -0.15) is 0 Å². The molecule has 6 atom stereocenters. The summed E-state index contributed by atoms with van der Waals surface area (Å²) in [4.78, 5) is 63.2. The zero-order valence-corrected chi connectivity index (χ0v) is 17.9. The normalized spacial score (nSPS) is 30.2. The average molecular weight is 453 g/mol. The highest BCUT2D eigenvalue weighted by Gasteiger charge is 2.59. The van der Waals surface area contributed by atoms with Crippen molar-refractivity contribution >= 4 is 30.2 Å². The van der Waals surface area contributed by atoms with Crippen LogP contribution in [0.25, 0.3) is 0 Å². The molecule has 1 saturated carbocycles. The van der Waals surface area contributed by atoms with Crippen LogP contribution >= 0.6 is 0 Å². The molecule has 9 heteroatoms. The summed E-state index contributed by atoms with van der Waals surface area (Å²) in [6.07, 6.45) is 3.82. The van der Waals surface area contributed by atoms with Crippen molar-refractivity contribution in [1.82, 2.24) is 4.90 Å². The molecule has 1 unspecified atom stereocenters. The number of ether oxygens (including phenoxy) is 3. The van der Waals surface area contributed by atoms with Gasteiger partial charge < -0.3 is 19.0 Å². The number of aldehydes is 1. The van der Waals surface area contributed by atoms with Gasteiger partial charge in [0.25, 0.3) is 0 Å². The smallest absolute Gasteiger partial charge is 0.417 e. The van der Waals surface area contributed by atoms with E-state index in [1.165, 1.54) is 6.92 Å². The molecule has 1 aromatic rings. The van der Waals surface area contributed by atoms with E-state index in [4.69, 9.17) is 14.2 Å². The molecular formula is C24H23NO8. The molecule has 1 saturated heterocycles. The largest absolute Gasteiger partial charge is 0.457 e. The van der Waals surface area contributed by atoms with Gasteiger partial charge in [-0.3, -0.25) is 9.59 Å². The van der Waals surface area contributed by atoms with Gasteiger partial charge in [0.15, 0.2) is 12.2 Å². The molecule has 0 spiro atoms. The van der Waals surface area contributed by atoms with Crippen LogP contribution in [-0.4, -0.2) is 59.5 Å². The van der Waals surface area contributed by atoms with E-state index in [-0.39, 0.29) is 12.0 Å². The Morgan fingerprint density at radius 3 is 2.48 bits per heavy atom. The second-order valence-electron chi connectivity index (χ2n) is 8.13. The van der Waals surface area contributed by atoms with Gasteiger partial charge >= 0.3 is 18.0 Å². The predicted molar refractivity (Wildman–Crippen MR) is 113 cm³/mol. The first-order chi connectivity index (χ1) is 15.9. The Morgan fingerprint density at radius 2 is 1.85 bits per heavy atom. The van der Waals surface area contributed by atoms with Crippen molar-refractivity contribution in [2.45, 2.75) is 44.1 Å². The summed E-state index contributed by atoms with van der Waals surface area (Å²) in [6, 6.07) is 7.09.